The third kappa shape index (κ3) is 2.24. The van der Waals surface area contributed by atoms with E-state index >= 15 is 0 Å². The van der Waals surface area contributed by atoms with E-state index < -0.39 is 0 Å². The van der Waals surface area contributed by atoms with Gasteiger partial charge in [-0.3, -0.25) is 0 Å². The Hall–Kier alpha value is -1.62. The van der Waals surface area contributed by atoms with Crippen molar-refractivity contribution in [1.82, 2.24) is 14.6 Å². The van der Waals surface area contributed by atoms with Crippen LogP contribution in [0.4, 0.5) is 0 Å². The number of nitrogens with zero attached hydrogens (tertiary/aromatic N) is 3. The fourth-order valence-corrected chi connectivity index (χ4v) is 2.24. The molecular weight excluding hydrogens is 216 g/mol. The van der Waals surface area contributed by atoms with Gasteiger partial charge in [0, 0.05) is 24.4 Å². The van der Waals surface area contributed by atoms with Gasteiger partial charge in [-0.05, 0) is 25.7 Å². The lowest BCUT2D eigenvalue weighted by atomic mass is 9.94. The molecule has 0 amide bonds. The summed E-state index contributed by atoms with van der Waals surface area (Å²) in [5, 5.41) is 4.10. The molecule has 0 aromatic carbocycles. The molecule has 90 valence electrons. The van der Waals surface area contributed by atoms with Crippen molar-refractivity contribution in [3.8, 4) is 5.88 Å². The highest BCUT2D eigenvalue weighted by atomic mass is 16.5. The second kappa shape index (κ2) is 4.33. The number of fused-ring (bicyclic) bond motifs is 1. The summed E-state index contributed by atoms with van der Waals surface area (Å²) in [7, 11) is 0. The lowest BCUT2D eigenvalue weighted by molar-refractivity contribution is 0.141. The van der Waals surface area contributed by atoms with Crippen LogP contribution in [0.5, 0.6) is 5.88 Å². The third-order valence-electron chi connectivity index (χ3n) is 3.24. The molecule has 0 unspecified atom stereocenters. The Morgan fingerprint density at radius 2 is 2.06 bits per heavy atom. The van der Waals surface area contributed by atoms with E-state index in [1.54, 1.807) is 10.7 Å². The minimum atomic E-state index is 0.257. The lowest BCUT2D eigenvalue weighted by Gasteiger charge is -2.26. The molecule has 2 aromatic rings. The number of nitrogens with two attached hydrogens (primary N) is 1. The molecule has 1 fully saturated rings. The van der Waals surface area contributed by atoms with Crippen molar-refractivity contribution in [2.45, 2.75) is 37.8 Å². The molecule has 2 aromatic heterocycles. The van der Waals surface area contributed by atoms with Gasteiger partial charge in [0.2, 0.25) is 5.88 Å². The summed E-state index contributed by atoms with van der Waals surface area (Å²) in [4.78, 5) is 4.40. The van der Waals surface area contributed by atoms with Crippen molar-refractivity contribution in [2.24, 2.45) is 5.73 Å². The van der Waals surface area contributed by atoms with E-state index in [0.29, 0.717) is 11.9 Å². The van der Waals surface area contributed by atoms with Gasteiger partial charge in [-0.15, -0.1) is 0 Å². The first-order chi connectivity index (χ1) is 8.31. The molecular formula is C12H16N4O. The van der Waals surface area contributed by atoms with E-state index in [2.05, 4.69) is 10.1 Å². The Labute approximate surface area is 99.6 Å². The molecule has 5 heteroatoms. The predicted molar refractivity (Wildman–Crippen MR) is 63.8 cm³/mol. The van der Waals surface area contributed by atoms with E-state index in [-0.39, 0.29) is 6.10 Å². The van der Waals surface area contributed by atoms with Crippen LogP contribution in [0.1, 0.15) is 25.7 Å². The van der Waals surface area contributed by atoms with Gasteiger partial charge in [-0.2, -0.15) is 10.1 Å². The maximum absolute atomic E-state index is 5.87. The van der Waals surface area contributed by atoms with Crippen LogP contribution < -0.4 is 10.5 Å². The minimum Gasteiger partial charge on any atom is -0.474 e. The summed E-state index contributed by atoms with van der Waals surface area (Å²) in [6.45, 7) is 0. The van der Waals surface area contributed by atoms with Crippen LogP contribution in [-0.2, 0) is 0 Å². The van der Waals surface area contributed by atoms with Crippen molar-refractivity contribution in [3.05, 3.63) is 24.5 Å². The molecule has 0 radical (unpaired) electrons. The summed E-state index contributed by atoms with van der Waals surface area (Å²) in [6, 6.07) is 4.07. The molecule has 1 aliphatic carbocycles. The van der Waals surface area contributed by atoms with Gasteiger partial charge in [0.25, 0.3) is 0 Å². The number of ether oxygens (including phenoxy) is 1. The van der Waals surface area contributed by atoms with Gasteiger partial charge in [-0.1, -0.05) is 0 Å². The van der Waals surface area contributed by atoms with Crippen LogP contribution >= 0.6 is 0 Å². The number of hydrogen-bond acceptors (Lipinski definition) is 4. The molecule has 5 nitrogen and oxygen atoms in total. The Balaban J connectivity index is 1.71. The second-order valence-corrected chi connectivity index (χ2v) is 4.55. The average Bonchev–Trinajstić information content (AvgIpc) is 2.79. The molecule has 3 rings (SSSR count). The summed E-state index contributed by atoms with van der Waals surface area (Å²) < 4.78 is 7.60. The quantitative estimate of drug-likeness (QED) is 0.849. The fourth-order valence-electron chi connectivity index (χ4n) is 2.24. The topological polar surface area (TPSA) is 65.4 Å². The van der Waals surface area contributed by atoms with E-state index in [1.807, 2.05) is 18.3 Å². The number of hydrogen-bond donors (Lipinski definition) is 1. The average molecular weight is 232 g/mol. The zero-order chi connectivity index (χ0) is 11.7. The van der Waals surface area contributed by atoms with E-state index in [4.69, 9.17) is 10.5 Å². The summed E-state index contributed by atoms with van der Waals surface area (Å²) in [5.74, 6) is 0.679. The van der Waals surface area contributed by atoms with Crippen LogP contribution in [0, 0.1) is 0 Å². The highest BCUT2D eigenvalue weighted by molar-refractivity contribution is 5.37. The first kappa shape index (κ1) is 10.5. The van der Waals surface area contributed by atoms with Crippen LogP contribution in [0.15, 0.2) is 24.5 Å². The van der Waals surface area contributed by atoms with E-state index in [0.717, 1.165) is 31.3 Å². The Morgan fingerprint density at radius 1 is 1.24 bits per heavy atom. The molecule has 2 heterocycles. The Kier molecular flexibility index (Phi) is 2.68. The van der Waals surface area contributed by atoms with Gasteiger partial charge < -0.3 is 10.5 Å². The summed E-state index contributed by atoms with van der Waals surface area (Å²) >= 11 is 0. The fraction of sp³-hybridized carbons (Fsp3) is 0.500. The number of aromatic nitrogens is 3. The Morgan fingerprint density at radius 3 is 2.88 bits per heavy atom. The molecule has 0 saturated heterocycles. The molecule has 0 bridgehead atoms. The molecule has 0 atom stereocenters. The zero-order valence-corrected chi connectivity index (χ0v) is 9.62. The maximum atomic E-state index is 5.87. The SMILES string of the molecule is NC1CCC(Oc2ccn3nccc3n2)CC1. The third-order valence-corrected chi connectivity index (χ3v) is 3.24. The van der Waals surface area contributed by atoms with Crippen molar-refractivity contribution in [3.63, 3.8) is 0 Å². The molecule has 0 spiro atoms. The van der Waals surface area contributed by atoms with Gasteiger partial charge in [0.05, 0.1) is 6.20 Å². The maximum Gasteiger partial charge on any atom is 0.217 e. The van der Waals surface area contributed by atoms with Crippen LogP contribution in [0.2, 0.25) is 0 Å². The van der Waals surface area contributed by atoms with Gasteiger partial charge in [0.15, 0.2) is 5.65 Å². The molecule has 1 aliphatic rings. The smallest absolute Gasteiger partial charge is 0.217 e. The summed E-state index contributed by atoms with van der Waals surface area (Å²) in [5.41, 5.74) is 6.68. The monoisotopic (exact) mass is 232 g/mol. The molecule has 2 N–H and O–H groups in total. The van der Waals surface area contributed by atoms with Gasteiger partial charge in [-0.25, -0.2) is 4.52 Å². The second-order valence-electron chi connectivity index (χ2n) is 4.55. The summed E-state index contributed by atoms with van der Waals surface area (Å²) in [6.07, 6.45) is 7.98. The Bertz CT molecular complexity index is 502. The molecule has 1 saturated carbocycles. The first-order valence-corrected chi connectivity index (χ1v) is 6.04. The van der Waals surface area contributed by atoms with Crippen LogP contribution in [0.3, 0.4) is 0 Å². The van der Waals surface area contributed by atoms with Crippen molar-refractivity contribution >= 4 is 5.65 Å². The first-order valence-electron chi connectivity index (χ1n) is 6.04. The van der Waals surface area contributed by atoms with Gasteiger partial charge >= 0.3 is 0 Å². The normalized spacial score (nSPS) is 25.0. The van der Waals surface area contributed by atoms with Crippen molar-refractivity contribution < 1.29 is 4.74 Å². The van der Waals surface area contributed by atoms with Crippen LogP contribution in [-0.4, -0.2) is 26.7 Å². The largest absolute Gasteiger partial charge is 0.474 e. The van der Waals surface area contributed by atoms with E-state index in [1.165, 1.54) is 0 Å². The van der Waals surface area contributed by atoms with Gasteiger partial charge in [0.1, 0.15) is 6.10 Å². The highest BCUT2D eigenvalue weighted by Gasteiger charge is 2.20. The van der Waals surface area contributed by atoms with E-state index in [9.17, 15) is 0 Å². The highest BCUT2D eigenvalue weighted by Crippen LogP contribution is 2.21. The standard InChI is InChI=1S/C12H16N4O/c13-9-1-3-10(4-2-9)17-12-6-8-16-11(15-12)5-7-14-16/h5-10H,1-4,13H2. The molecule has 17 heavy (non-hydrogen) atoms. The minimum absolute atomic E-state index is 0.257. The zero-order valence-electron chi connectivity index (χ0n) is 9.62. The van der Waals surface area contributed by atoms with Crippen LogP contribution in [0.25, 0.3) is 5.65 Å². The molecule has 0 aliphatic heterocycles. The van der Waals surface area contributed by atoms with Crippen molar-refractivity contribution in [1.29, 1.82) is 0 Å². The number of rotatable bonds is 2. The van der Waals surface area contributed by atoms with Crippen molar-refractivity contribution in [2.75, 3.05) is 0 Å². The predicted octanol–water partition coefficient (Wildman–Crippen LogP) is 1.38. The lowest BCUT2D eigenvalue weighted by Crippen LogP contribution is -2.31.